The van der Waals surface area contributed by atoms with Crippen molar-refractivity contribution in [2.45, 2.75) is 43.8 Å². The van der Waals surface area contributed by atoms with Gasteiger partial charge in [-0.15, -0.1) is 0 Å². The number of aryl methyl sites for hydroxylation is 1. The minimum Gasteiger partial charge on any atom is -0.399 e. The van der Waals surface area contributed by atoms with Crippen molar-refractivity contribution in [2.75, 3.05) is 11.5 Å². The molecule has 0 spiro atoms. The molecule has 0 aliphatic heterocycles. The van der Waals surface area contributed by atoms with Crippen LogP contribution in [0.15, 0.2) is 24.3 Å². The van der Waals surface area contributed by atoms with E-state index in [9.17, 15) is 0 Å². The van der Waals surface area contributed by atoms with E-state index in [4.69, 9.17) is 5.73 Å². The van der Waals surface area contributed by atoms with Crippen LogP contribution in [0.2, 0.25) is 0 Å². The third-order valence-electron chi connectivity index (χ3n) is 3.22. The van der Waals surface area contributed by atoms with Gasteiger partial charge in [-0.25, -0.2) is 0 Å². The number of hydrogen-bond acceptors (Lipinski definition) is 2. The minimum absolute atomic E-state index is 0.890. The third-order valence-corrected chi connectivity index (χ3v) is 4.68. The van der Waals surface area contributed by atoms with Gasteiger partial charge in [-0.2, -0.15) is 11.8 Å². The molecule has 0 unspecified atom stereocenters. The van der Waals surface area contributed by atoms with Crippen molar-refractivity contribution in [1.29, 1.82) is 0 Å². The van der Waals surface area contributed by atoms with Crippen LogP contribution in [0.25, 0.3) is 0 Å². The fourth-order valence-corrected chi connectivity index (χ4v) is 3.64. The lowest BCUT2D eigenvalue weighted by Gasteiger charge is -2.08. The van der Waals surface area contributed by atoms with E-state index in [0.717, 1.165) is 10.9 Å². The Labute approximate surface area is 103 Å². The van der Waals surface area contributed by atoms with E-state index < -0.39 is 0 Å². The van der Waals surface area contributed by atoms with Gasteiger partial charge in [0.15, 0.2) is 0 Å². The van der Waals surface area contributed by atoms with Gasteiger partial charge in [0.05, 0.1) is 0 Å². The molecular weight excluding hydrogens is 214 g/mol. The zero-order valence-electron chi connectivity index (χ0n) is 9.82. The number of thioether (sulfide) groups is 1. The molecule has 0 heterocycles. The highest BCUT2D eigenvalue weighted by atomic mass is 32.2. The average molecular weight is 235 g/mol. The van der Waals surface area contributed by atoms with Crippen molar-refractivity contribution >= 4 is 17.4 Å². The van der Waals surface area contributed by atoms with Gasteiger partial charge >= 0.3 is 0 Å². The summed E-state index contributed by atoms with van der Waals surface area (Å²) < 4.78 is 0. The van der Waals surface area contributed by atoms with Gasteiger partial charge in [0.1, 0.15) is 0 Å². The molecule has 1 aliphatic carbocycles. The fraction of sp³-hybridized carbons (Fsp3) is 0.571. The standard InChI is InChI=1S/C14H21NS/c15-13-7-3-5-12(11-13)6-4-10-16-14-8-1-2-9-14/h3,5,7,11,14H,1-2,4,6,8-10,15H2. The maximum Gasteiger partial charge on any atom is 0.0316 e. The molecule has 2 heteroatoms. The van der Waals surface area contributed by atoms with Gasteiger partial charge in [-0.1, -0.05) is 25.0 Å². The quantitative estimate of drug-likeness (QED) is 0.619. The normalized spacial score (nSPS) is 16.8. The van der Waals surface area contributed by atoms with Crippen LogP contribution >= 0.6 is 11.8 Å². The zero-order valence-corrected chi connectivity index (χ0v) is 10.6. The van der Waals surface area contributed by atoms with E-state index in [1.165, 1.54) is 49.8 Å². The van der Waals surface area contributed by atoms with Crippen molar-refractivity contribution < 1.29 is 0 Å². The molecule has 1 aromatic rings. The van der Waals surface area contributed by atoms with Crippen LogP contribution in [-0.4, -0.2) is 11.0 Å². The van der Waals surface area contributed by atoms with E-state index >= 15 is 0 Å². The summed E-state index contributed by atoms with van der Waals surface area (Å²) in [5.74, 6) is 1.31. The highest BCUT2D eigenvalue weighted by molar-refractivity contribution is 7.99. The first-order chi connectivity index (χ1) is 7.84. The number of benzene rings is 1. The topological polar surface area (TPSA) is 26.0 Å². The Morgan fingerprint density at radius 1 is 1.25 bits per heavy atom. The Bertz CT molecular complexity index is 318. The number of hydrogen-bond donors (Lipinski definition) is 1. The monoisotopic (exact) mass is 235 g/mol. The van der Waals surface area contributed by atoms with Gasteiger partial charge in [-0.3, -0.25) is 0 Å². The first kappa shape index (κ1) is 11.8. The molecule has 2 rings (SSSR count). The predicted molar refractivity (Wildman–Crippen MR) is 73.9 cm³/mol. The molecule has 0 amide bonds. The molecule has 0 saturated heterocycles. The second-order valence-electron chi connectivity index (χ2n) is 4.63. The summed E-state index contributed by atoms with van der Waals surface area (Å²) in [7, 11) is 0. The first-order valence-corrected chi connectivity index (χ1v) is 7.35. The van der Waals surface area contributed by atoms with Crippen LogP contribution in [0.5, 0.6) is 0 Å². The zero-order chi connectivity index (χ0) is 11.2. The van der Waals surface area contributed by atoms with Crippen molar-refractivity contribution in [3.8, 4) is 0 Å². The first-order valence-electron chi connectivity index (χ1n) is 6.30. The maximum atomic E-state index is 5.76. The van der Waals surface area contributed by atoms with Gasteiger partial charge in [0.25, 0.3) is 0 Å². The molecule has 88 valence electrons. The molecule has 0 bridgehead atoms. The Kier molecular flexibility index (Phi) is 4.58. The van der Waals surface area contributed by atoms with E-state index in [2.05, 4.69) is 30.0 Å². The molecule has 1 aromatic carbocycles. The van der Waals surface area contributed by atoms with Crippen LogP contribution in [0, 0.1) is 0 Å². The molecule has 0 atom stereocenters. The number of nitrogen functional groups attached to an aromatic ring is 1. The Morgan fingerprint density at radius 3 is 2.81 bits per heavy atom. The van der Waals surface area contributed by atoms with Gasteiger partial charge in [-0.05, 0) is 49.1 Å². The maximum absolute atomic E-state index is 5.76. The van der Waals surface area contributed by atoms with Crippen molar-refractivity contribution in [2.24, 2.45) is 0 Å². The van der Waals surface area contributed by atoms with Crippen LogP contribution in [0.1, 0.15) is 37.7 Å². The highest BCUT2D eigenvalue weighted by Gasteiger charge is 2.14. The molecule has 16 heavy (non-hydrogen) atoms. The third kappa shape index (κ3) is 3.75. The van der Waals surface area contributed by atoms with E-state index in [1.807, 2.05) is 6.07 Å². The summed E-state index contributed by atoms with van der Waals surface area (Å²) in [6.07, 6.45) is 8.25. The van der Waals surface area contributed by atoms with Crippen LogP contribution in [0.3, 0.4) is 0 Å². The lowest BCUT2D eigenvalue weighted by molar-refractivity contribution is 0.886. The summed E-state index contributed by atoms with van der Waals surface area (Å²) in [6.45, 7) is 0. The Hall–Kier alpha value is -0.630. The molecular formula is C14H21NS. The second kappa shape index (κ2) is 6.19. The SMILES string of the molecule is Nc1cccc(CCCSC2CCCC2)c1. The minimum atomic E-state index is 0.890. The van der Waals surface area contributed by atoms with Crippen molar-refractivity contribution in [1.82, 2.24) is 0 Å². The predicted octanol–water partition coefficient (Wildman–Crippen LogP) is 3.88. The highest BCUT2D eigenvalue weighted by Crippen LogP contribution is 2.29. The van der Waals surface area contributed by atoms with Crippen LogP contribution in [-0.2, 0) is 6.42 Å². The molecule has 1 saturated carbocycles. The smallest absolute Gasteiger partial charge is 0.0316 e. The Morgan fingerprint density at radius 2 is 2.06 bits per heavy atom. The fourth-order valence-electron chi connectivity index (χ4n) is 2.33. The lowest BCUT2D eigenvalue weighted by atomic mass is 10.1. The molecule has 1 fully saturated rings. The summed E-state index contributed by atoms with van der Waals surface area (Å²) in [5, 5.41) is 0.959. The van der Waals surface area contributed by atoms with Crippen LogP contribution < -0.4 is 5.73 Å². The van der Waals surface area contributed by atoms with Gasteiger partial charge < -0.3 is 5.73 Å². The average Bonchev–Trinajstić information content (AvgIpc) is 2.77. The van der Waals surface area contributed by atoms with E-state index in [-0.39, 0.29) is 0 Å². The molecule has 1 nitrogen and oxygen atoms in total. The lowest BCUT2D eigenvalue weighted by Crippen LogP contribution is -1.97. The summed E-state index contributed by atoms with van der Waals surface area (Å²) in [5.41, 5.74) is 8.03. The van der Waals surface area contributed by atoms with Crippen LogP contribution in [0.4, 0.5) is 5.69 Å². The summed E-state index contributed by atoms with van der Waals surface area (Å²) >= 11 is 2.18. The molecule has 1 aliphatic rings. The van der Waals surface area contributed by atoms with E-state index in [0.29, 0.717) is 0 Å². The number of anilines is 1. The van der Waals surface area contributed by atoms with Crippen molar-refractivity contribution in [3.05, 3.63) is 29.8 Å². The van der Waals surface area contributed by atoms with E-state index in [1.54, 1.807) is 0 Å². The summed E-state index contributed by atoms with van der Waals surface area (Å²) in [6, 6.07) is 8.28. The number of nitrogens with two attached hydrogens (primary N) is 1. The molecule has 0 radical (unpaired) electrons. The molecule has 2 N–H and O–H groups in total. The van der Waals surface area contributed by atoms with Crippen molar-refractivity contribution in [3.63, 3.8) is 0 Å². The van der Waals surface area contributed by atoms with Gasteiger partial charge in [0.2, 0.25) is 0 Å². The Balaban J connectivity index is 1.64. The number of rotatable bonds is 5. The molecule has 0 aromatic heterocycles. The van der Waals surface area contributed by atoms with Gasteiger partial charge in [0, 0.05) is 10.9 Å². The second-order valence-corrected chi connectivity index (χ2v) is 6.03. The summed E-state index contributed by atoms with van der Waals surface area (Å²) in [4.78, 5) is 0. The largest absolute Gasteiger partial charge is 0.399 e.